The molecule has 1 fully saturated rings. The number of carbonyl (C=O) groups is 1. The molecular weight excluding hydrogens is 460 g/mol. The molecule has 0 bridgehead atoms. The zero-order valence-electron chi connectivity index (χ0n) is 18.7. The van der Waals surface area contributed by atoms with Crippen molar-refractivity contribution in [2.24, 2.45) is 5.92 Å². The summed E-state index contributed by atoms with van der Waals surface area (Å²) in [5.74, 6) is 0.486. The standard InChI is InChI=1S/C23H26N4O4S2/c1-15-21(13-20(32-15)22-24-16(2)31-25-22)33(29,30)26-11-5-9-18(14-26)23(28)27-12-6-8-17-7-3-4-10-19(17)27/h3-4,7,10,13,18H,5-6,8-9,11-12,14H2,1-2H3. The summed E-state index contributed by atoms with van der Waals surface area (Å²) >= 11 is 1.33. The third kappa shape index (κ3) is 4.11. The van der Waals surface area contributed by atoms with E-state index in [0.29, 0.717) is 47.4 Å². The fourth-order valence-electron chi connectivity index (χ4n) is 4.72. The molecule has 8 nitrogen and oxygen atoms in total. The lowest BCUT2D eigenvalue weighted by Crippen LogP contribution is -2.48. The number of nitrogens with zero attached hydrogens (tertiary/aromatic N) is 4. The van der Waals surface area contributed by atoms with Gasteiger partial charge in [0.1, 0.15) is 0 Å². The highest BCUT2D eigenvalue weighted by molar-refractivity contribution is 7.89. The number of benzene rings is 1. The number of rotatable bonds is 4. The Balaban J connectivity index is 1.38. The Bertz CT molecular complexity index is 1300. The van der Waals surface area contributed by atoms with Gasteiger partial charge in [-0.05, 0) is 50.3 Å². The third-order valence-corrected chi connectivity index (χ3v) is 9.51. The normalized spacial score (nSPS) is 19.5. The average Bonchev–Trinajstić information content (AvgIpc) is 3.44. The Morgan fingerprint density at radius 1 is 1.18 bits per heavy atom. The summed E-state index contributed by atoms with van der Waals surface area (Å²) in [5.41, 5.74) is 2.14. The molecule has 1 atom stereocenters. The number of thiophene rings is 1. The van der Waals surface area contributed by atoms with Gasteiger partial charge in [-0.15, -0.1) is 11.3 Å². The molecule has 174 valence electrons. The van der Waals surface area contributed by atoms with Crippen LogP contribution in [0, 0.1) is 19.8 Å². The number of amides is 1. The van der Waals surface area contributed by atoms with E-state index in [1.54, 1.807) is 19.9 Å². The van der Waals surface area contributed by atoms with E-state index in [9.17, 15) is 13.2 Å². The Morgan fingerprint density at radius 3 is 2.79 bits per heavy atom. The molecule has 33 heavy (non-hydrogen) atoms. The molecule has 10 heteroatoms. The van der Waals surface area contributed by atoms with Crippen LogP contribution in [0.2, 0.25) is 0 Å². The summed E-state index contributed by atoms with van der Waals surface area (Å²) in [6, 6.07) is 9.61. The lowest BCUT2D eigenvalue weighted by Gasteiger charge is -2.36. The molecule has 5 rings (SSSR count). The zero-order chi connectivity index (χ0) is 23.2. The van der Waals surface area contributed by atoms with Gasteiger partial charge < -0.3 is 9.42 Å². The summed E-state index contributed by atoms with van der Waals surface area (Å²) in [7, 11) is -3.74. The predicted octanol–water partition coefficient (Wildman–Crippen LogP) is 3.80. The second kappa shape index (κ2) is 8.66. The number of aryl methyl sites for hydroxylation is 3. The maximum atomic E-state index is 13.5. The summed E-state index contributed by atoms with van der Waals surface area (Å²) in [6.07, 6.45) is 3.24. The number of carbonyl (C=O) groups excluding carboxylic acids is 1. The van der Waals surface area contributed by atoms with Crippen molar-refractivity contribution in [1.82, 2.24) is 14.4 Å². The van der Waals surface area contributed by atoms with E-state index in [1.807, 2.05) is 23.1 Å². The van der Waals surface area contributed by atoms with Crippen molar-refractivity contribution in [3.8, 4) is 10.7 Å². The minimum Gasteiger partial charge on any atom is -0.339 e. The highest BCUT2D eigenvalue weighted by Gasteiger charge is 2.37. The quantitative estimate of drug-likeness (QED) is 0.557. The van der Waals surface area contributed by atoms with Crippen molar-refractivity contribution >= 4 is 33.0 Å². The van der Waals surface area contributed by atoms with E-state index in [4.69, 9.17) is 4.52 Å². The van der Waals surface area contributed by atoms with E-state index in [-0.39, 0.29) is 23.3 Å². The maximum absolute atomic E-state index is 13.5. The average molecular weight is 487 g/mol. The van der Waals surface area contributed by atoms with E-state index < -0.39 is 10.0 Å². The van der Waals surface area contributed by atoms with Gasteiger partial charge in [0.15, 0.2) is 0 Å². The van der Waals surface area contributed by atoms with Gasteiger partial charge in [-0.3, -0.25) is 4.79 Å². The van der Waals surface area contributed by atoms with Crippen LogP contribution >= 0.6 is 11.3 Å². The fraction of sp³-hybridized carbons (Fsp3) is 0.435. The number of fused-ring (bicyclic) bond motifs is 1. The lowest BCUT2D eigenvalue weighted by atomic mass is 9.95. The fourth-order valence-corrected chi connectivity index (χ4v) is 7.73. The Hall–Kier alpha value is -2.56. The molecule has 1 unspecified atom stereocenters. The van der Waals surface area contributed by atoms with Gasteiger partial charge in [-0.25, -0.2) is 8.42 Å². The van der Waals surface area contributed by atoms with Crippen molar-refractivity contribution in [2.45, 2.75) is 44.4 Å². The monoisotopic (exact) mass is 486 g/mol. The molecule has 2 aliphatic rings. The molecule has 0 N–H and O–H groups in total. The molecule has 4 heterocycles. The second-order valence-corrected chi connectivity index (χ2v) is 11.8. The molecular formula is C23H26N4O4S2. The SMILES string of the molecule is Cc1nc(-c2cc(S(=O)(=O)N3CCCC(C(=O)N4CCCc5ccccc54)C3)c(C)s2)no1. The van der Waals surface area contributed by atoms with Crippen LogP contribution < -0.4 is 4.90 Å². The number of anilines is 1. The highest BCUT2D eigenvalue weighted by atomic mass is 32.2. The van der Waals surface area contributed by atoms with Crippen molar-refractivity contribution in [2.75, 3.05) is 24.5 Å². The van der Waals surface area contributed by atoms with Crippen LogP contribution in [0.5, 0.6) is 0 Å². The van der Waals surface area contributed by atoms with Gasteiger partial charge in [0, 0.05) is 37.1 Å². The molecule has 1 saturated heterocycles. The van der Waals surface area contributed by atoms with Crippen molar-refractivity contribution in [1.29, 1.82) is 0 Å². The van der Waals surface area contributed by atoms with E-state index in [2.05, 4.69) is 16.2 Å². The molecule has 1 aromatic carbocycles. The molecule has 0 radical (unpaired) electrons. The second-order valence-electron chi connectivity index (χ2n) is 8.59. The van der Waals surface area contributed by atoms with Crippen LogP contribution in [0.4, 0.5) is 5.69 Å². The topological polar surface area (TPSA) is 96.6 Å². The van der Waals surface area contributed by atoms with Crippen molar-refractivity contribution < 1.29 is 17.7 Å². The van der Waals surface area contributed by atoms with Crippen molar-refractivity contribution in [3.05, 3.63) is 46.7 Å². The number of para-hydroxylation sites is 1. The minimum atomic E-state index is -3.74. The van der Waals surface area contributed by atoms with Gasteiger partial charge in [0.05, 0.1) is 15.7 Å². The number of sulfonamides is 1. The van der Waals surface area contributed by atoms with Gasteiger partial charge in [0.25, 0.3) is 0 Å². The first-order valence-electron chi connectivity index (χ1n) is 11.1. The van der Waals surface area contributed by atoms with Gasteiger partial charge >= 0.3 is 0 Å². The molecule has 0 saturated carbocycles. The van der Waals surface area contributed by atoms with E-state index >= 15 is 0 Å². The lowest BCUT2D eigenvalue weighted by molar-refractivity contribution is -0.123. The highest BCUT2D eigenvalue weighted by Crippen LogP contribution is 2.36. The summed E-state index contributed by atoms with van der Waals surface area (Å²) in [6.45, 7) is 4.77. The first kappa shape index (κ1) is 22.2. The summed E-state index contributed by atoms with van der Waals surface area (Å²) < 4.78 is 33.6. The third-order valence-electron chi connectivity index (χ3n) is 6.35. The minimum absolute atomic E-state index is 0.0204. The molecule has 0 spiro atoms. The summed E-state index contributed by atoms with van der Waals surface area (Å²) in [5, 5.41) is 3.91. The zero-order valence-corrected chi connectivity index (χ0v) is 20.3. The van der Waals surface area contributed by atoms with Crippen LogP contribution in [-0.2, 0) is 21.2 Å². The molecule has 0 aliphatic carbocycles. The van der Waals surface area contributed by atoms with Crippen molar-refractivity contribution in [3.63, 3.8) is 0 Å². The van der Waals surface area contributed by atoms with Gasteiger partial charge in [-0.1, -0.05) is 23.4 Å². The van der Waals surface area contributed by atoms with Gasteiger partial charge in [0.2, 0.25) is 27.6 Å². The first-order chi connectivity index (χ1) is 15.8. The number of hydrogen-bond acceptors (Lipinski definition) is 7. The van der Waals surface area contributed by atoms with Crippen LogP contribution in [0.15, 0.2) is 39.8 Å². The predicted molar refractivity (Wildman–Crippen MR) is 126 cm³/mol. The maximum Gasteiger partial charge on any atom is 0.244 e. The molecule has 2 aromatic heterocycles. The number of hydrogen-bond donors (Lipinski definition) is 0. The van der Waals surface area contributed by atoms with Crippen LogP contribution in [0.1, 0.15) is 35.6 Å². The molecule has 1 amide bonds. The smallest absolute Gasteiger partial charge is 0.244 e. The van der Waals surface area contributed by atoms with Crippen LogP contribution in [0.25, 0.3) is 10.7 Å². The van der Waals surface area contributed by atoms with Crippen LogP contribution in [-0.4, -0.2) is 48.4 Å². The first-order valence-corrected chi connectivity index (χ1v) is 13.4. The molecule has 2 aliphatic heterocycles. The Kier molecular flexibility index (Phi) is 5.84. The van der Waals surface area contributed by atoms with Gasteiger partial charge in [-0.2, -0.15) is 9.29 Å². The number of aromatic nitrogens is 2. The largest absolute Gasteiger partial charge is 0.339 e. The number of piperidine rings is 1. The summed E-state index contributed by atoms with van der Waals surface area (Å²) in [4.78, 5) is 21.1. The van der Waals surface area contributed by atoms with E-state index in [0.717, 1.165) is 18.5 Å². The Labute approximate surface area is 197 Å². The molecule has 3 aromatic rings. The van der Waals surface area contributed by atoms with Crippen LogP contribution in [0.3, 0.4) is 0 Å². The Morgan fingerprint density at radius 2 is 2.00 bits per heavy atom. The van der Waals surface area contributed by atoms with E-state index in [1.165, 1.54) is 21.2 Å².